The summed E-state index contributed by atoms with van der Waals surface area (Å²) in [4.78, 5) is 0. The van der Waals surface area contributed by atoms with Crippen molar-refractivity contribution < 1.29 is 4.74 Å². The molecule has 3 aliphatic rings. The van der Waals surface area contributed by atoms with Gasteiger partial charge in [-0.25, -0.2) is 0 Å². The Morgan fingerprint density at radius 3 is 1.58 bits per heavy atom. The summed E-state index contributed by atoms with van der Waals surface area (Å²) in [5.41, 5.74) is 6.06. The summed E-state index contributed by atoms with van der Waals surface area (Å²) in [7, 11) is 0. The second-order valence-corrected chi connectivity index (χ2v) is 3.45. The average molecular weight is 173 g/mol. The van der Waals surface area contributed by atoms with Gasteiger partial charge in [-0.1, -0.05) is 27.7 Å². The van der Waals surface area contributed by atoms with Crippen LogP contribution in [-0.2, 0) is 4.74 Å². The Morgan fingerprint density at radius 1 is 1.08 bits per heavy atom. The highest BCUT2D eigenvalue weighted by atomic mass is 16.5. The Labute approximate surface area is 76.5 Å². The zero-order chi connectivity index (χ0) is 9.83. The molecule has 3 rings (SSSR count). The number of ether oxygens (including phenoxy) is 1. The molecule has 2 bridgehead atoms. The zero-order valence-electron chi connectivity index (χ0n) is 9.11. The minimum atomic E-state index is 0.0781. The van der Waals surface area contributed by atoms with Crippen molar-refractivity contribution in [3.8, 4) is 0 Å². The van der Waals surface area contributed by atoms with Crippen LogP contribution in [0, 0.1) is 0 Å². The minimum absolute atomic E-state index is 0.0781. The van der Waals surface area contributed by atoms with E-state index in [0.29, 0.717) is 0 Å². The van der Waals surface area contributed by atoms with Gasteiger partial charge in [0.15, 0.2) is 0 Å². The van der Waals surface area contributed by atoms with Crippen LogP contribution in [0.15, 0.2) is 0 Å². The molecule has 2 heterocycles. The van der Waals surface area contributed by atoms with Gasteiger partial charge in [0, 0.05) is 5.54 Å². The van der Waals surface area contributed by atoms with Gasteiger partial charge in [0.2, 0.25) is 0 Å². The summed E-state index contributed by atoms with van der Waals surface area (Å²) < 4.78 is 5.39. The highest BCUT2D eigenvalue weighted by molar-refractivity contribution is 5.12. The van der Waals surface area contributed by atoms with Crippen LogP contribution < -0.4 is 5.73 Å². The lowest BCUT2D eigenvalue weighted by Crippen LogP contribution is -2.53. The summed E-state index contributed by atoms with van der Waals surface area (Å²) >= 11 is 0. The van der Waals surface area contributed by atoms with Crippen LogP contribution in [0.5, 0.6) is 0 Å². The van der Waals surface area contributed by atoms with Crippen molar-refractivity contribution in [1.29, 1.82) is 0 Å². The third kappa shape index (κ3) is 2.20. The average Bonchev–Trinajstić information content (AvgIpc) is 2.49. The predicted molar refractivity (Wildman–Crippen MR) is 53.2 cm³/mol. The lowest BCUT2D eigenvalue weighted by atomic mass is 9.70. The smallest absolute Gasteiger partial charge is 0.0692 e. The molecule has 0 radical (unpaired) electrons. The van der Waals surface area contributed by atoms with Crippen LogP contribution in [-0.4, -0.2) is 17.7 Å². The molecule has 3 fully saturated rings. The van der Waals surface area contributed by atoms with Crippen molar-refractivity contribution in [2.75, 3.05) is 6.61 Å². The van der Waals surface area contributed by atoms with E-state index in [1.165, 1.54) is 0 Å². The fraction of sp³-hybridized carbons (Fsp3) is 1.00. The monoisotopic (exact) mass is 173 g/mol. The molecule has 0 atom stereocenters. The van der Waals surface area contributed by atoms with Gasteiger partial charge < -0.3 is 10.5 Å². The Bertz CT molecular complexity index is 114. The van der Waals surface area contributed by atoms with Crippen molar-refractivity contribution in [2.24, 2.45) is 5.73 Å². The Balaban J connectivity index is 0.000000269. The number of hydrogen-bond donors (Lipinski definition) is 1. The van der Waals surface area contributed by atoms with E-state index >= 15 is 0 Å². The Kier molecular flexibility index (Phi) is 4.21. The molecule has 2 N–H and O–H groups in total. The standard InChI is InChI=1S/C6H11NO.2C2H6/c1-5-2-6(7,3-5)4-8-5;2*1-2/h2-4,7H2,1H3;2*1-2H3. The Hall–Kier alpha value is -0.0800. The topological polar surface area (TPSA) is 35.2 Å². The van der Waals surface area contributed by atoms with Gasteiger partial charge in [-0.05, 0) is 19.8 Å². The fourth-order valence-corrected chi connectivity index (χ4v) is 1.96. The van der Waals surface area contributed by atoms with Crippen LogP contribution in [0.2, 0.25) is 0 Å². The molecule has 0 amide bonds. The maximum absolute atomic E-state index is 5.80. The SMILES string of the molecule is CC.CC.CC12CC(N)(CO1)C2. The lowest BCUT2D eigenvalue weighted by molar-refractivity contribution is 0.0169. The van der Waals surface area contributed by atoms with Gasteiger partial charge in [-0.3, -0.25) is 0 Å². The first kappa shape index (κ1) is 11.9. The second-order valence-electron chi connectivity index (χ2n) is 3.45. The first-order valence-electron chi connectivity index (χ1n) is 5.05. The van der Waals surface area contributed by atoms with Crippen molar-refractivity contribution in [3.05, 3.63) is 0 Å². The summed E-state index contributed by atoms with van der Waals surface area (Å²) in [6.07, 6.45) is 2.14. The molecule has 2 nitrogen and oxygen atoms in total. The van der Waals surface area contributed by atoms with E-state index in [4.69, 9.17) is 10.5 Å². The molecule has 0 aromatic heterocycles. The van der Waals surface area contributed by atoms with Gasteiger partial charge in [-0.15, -0.1) is 0 Å². The molecule has 74 valence electrons. The predicted octanol–water partition coefficient (Wildman–Crippen LogP) is 2.32. The summed E-state index contributed by atoms with van der Waals surface area (Å²) in [6.45, 7) is 10.9. The summed E-state index contributed by atoms with van der Waals surface area (Å²) in [5.74, 6) is 0. The number of rotatable bonds is 0. The third-order valence-electron chi connectivity index (χ3n) is 2.16. The Morgan fingerprint density at radius 2 is 1.50 bits per heavy atom. The third-order valence-corrected chi connectivity index (χ3v) is 2.16. The van der Waals surface area contributed by atoms with E-state index < -0.39 is 0 Å². The maximum atomic E-state index is 5.80. The molecule has 0 unspecified atom stereocenters. The second kappa shape index (κ2) is 4.24. The van der Waals surface area contributed by atoms with E-state index in [9.17, 15) is 0 Å². The number of nitrogens with two attached hydrogens (primary N) is 1. The maximum Gasteiger partial charge on any atom is 0.0692 e. The largest absolute Gasteiger partial charge is 0.373 e. The molecule has 12 heavy (non-hydrogen) atoms. The lowest BCUT2D eigenvalue weighted by Gasteiger charge is -2.39. The molecule has 2 saturated heterocycles. The normalized spacial score (nSPS) is 41.5. The molecule has 0 spiro atoms. The van der Waals surface area contributed by atoms with Gasteiger partial charge in [0.05, 0.1) is 12.2 Å². The molecule has 0 aromatic rings. The fourth-order valence-electron chi connectivity index (χ4n) is 1.96. The van der Waals surface area contributed by atoms with Crippen molar-refractivity contribution in [3.63, 3.8) is 0 Å². The molecule has 1 saturated carbocycles. The van der Waals surface area contributed by atoms with Gasteiger partial charge in [0.1, 0.15) is 0 Å². The van der Waals surface area contributed by atoms with Crippen LogP contribution in [0.1, 0.15) is 47.5 Å². The van der Waals surface area contributed by atoms with E-state index in [2.05, 4.69) is 6.92 Å². The highest BCUT2D eigenvalue weighted by Gasteiger charge is 2.57. The quantitative estimate of drug-likeness (QED) is 0.610. The van der Waals surface area contributed by atoms with Crippen LogP contribution in [0.25, 0.3) is 0 Å². The highest BCUT2D eigenvalue weighted by Crippen LogP contribution is 2.49. The molecule has 1 aliphatic carbocycles. The van der Waals surface area contributed by atoms with Gasteiger partial charge >= 0.3 is 0 Å². The van der Waals surface area contributed by atoms with E-state index in [1.54, 1.807) is 0 Å². The van der Waals surface area contributed by atoms with Crippen LogP contribution >= 0.6 is 0 Å². The number of hydrogen-bond acceptors (Lipinski definition) is 2. The number of fused-ring (bicyclic) bond motifs is 1. The van der Waals surface area contributed by atoms with Crippen LogP contribution in [0.3, 0.4) is 0 Å². The summed E-state index contributed by atoms with van der Waals surface area (Å²) in [5, 5.41) is 0. The molecule has 0 aromatic carbocycles. The first-order valence-corrected chi connectivity index (χ1v) is 5.05. The van der Waals surface area contributed by atoms with E-state index in [-0.39, 0.29) is 11.1 Å². The molecular formula is C10H23NO. The zero-order valence-corrected chi connectivity index (χ0v) is 9.11. The van der Waals surface area contributed by atoms with E-state index in [0.717, 1.165) is 19.4 Å². The van der Waals surface area contributed by atoms with Crippen molar-refractivity contribution >= 4 is 0 Å². The minimum Gasteiger partial charge on any atom is -0.373 e. The van der Waals surface area contributed by atoms with Crippen molar-refractivity contribution in [1.82, 2.24) is 0 Å². The molecular weight excluding hydrogens is 150 g/mol. The summed E-state index contributed by atoms with van der Waals surface area (Å²) in [6, 6.07) is 0. The van der Waals surface area contributed by atoms with E-state index in [1.807, 2.05) is 27.7 Å². The van der Waals surface area contributed by atoms with Gasteiger partial charge in [0.25, 0.3) is 0 Å². The molecule has 2 heteroatoms. The van der Waals surface area contributed by atoms with Gasteiger partial charge in [-0.2, -0.15) is 0 Å². The molecule has 2 aliphatic heterocycles. The van der Waals surface area contributed by atoms with Crippen LogP contribution in [0.4, 0.5) is 0 Å². The van der Waals surface area contributed by atoms with Crippen molar-refractivity contribution in [2.45, 2.75) is 58.6 Å². The first-order chi connectivity index (χ1) is 5.62.